The molecule has 2 rings (SSSR count). The van der Waals surface area contributed by atoms with Crippen molar-refractivity contribution in [2.45, 2.75) is 19.9 Å². The predicted molar refractivity (Wildman–Crippen MR) is 66.9 cm³/mol. The molecule has 2 aromatic heterocycles. The second-order valence-electron chi connectivity index (χ2n) is 3.48. The molecule has 0 atom stereocenters. The topological polar surface area (TPSA) is 77.0 Å². The van der Waals surface area contributed by atoms with Crippen molar-refractivity contribution in [3.8, 4) is 0 Å². The highest BCUT2D eigenvalue weighted by Gasteiger charge is 2.09. The van der Waals surface area contributed by atoms with Crippen molar-refractivity contribution in [3.05, 3.63) is 35.1 Å². The van der Waals surface area contributed by atoms with Crippen LogP contribution in [0.2, 0.25) is 5.15 Å². The molecule has 2 heterocycles. The van der Waals surface area contributed by atoms with Crippen molar-refractivity contribution in [2.24, 2.45) is 0 Å². The molecule has 0 amide bonds. The summed E-state index contributed by atoms with van der Waals surface area (Å²) in [7, 11) is 0. The first-order valence-corrected chi connectivity index (χ1v) is 5.66. The van der Waals surface area contributed by atoms with Crippen LogP contribution >= 0.6 is 11.6 Å². The molecule has 0 aromatic carbocycles. The van der Waals surface area contributed by atoms with E-state index in [4.69, 9.17) is 21.8 Å². The van der Waals surface area contributed by atoms with Crippen molar-refractivity contribution in [1.29, 1.82) is 0 Å². The number of rotatable bonds is 4. The Kier molecular flexibility index (Phi) is 3.49. The SMILES string of the molecule is CCc1nc(Cl)c(N)c(NCc2ccco2)n1. The van der Waals surface area contributed by atoms with Crippen LogP contribution in [0.3, 0.4) is 0 Å². The van der Waals surface area contributed by atoms with Crippen LogP contribution in [0.1, 0.15) is 18.5 Å². The molecule has 0 saturated carbocycles. The molecule has 2 aromatic rings. The van der Waals surface area contributed by atoms with E-state index in [1.165, 1.54) is 0 Å². The van der Waals surface area contributed by atoms with Crippen LogP contribution < -0.4 is 11.1 Å². The van der Waals surface area contributed by atoms with Gasteiger partial charge in [-0.3, -0.25) is 0 Å². The largest absolute Gasteiger partial charge is 0.467 e. The van der Waals surface area contributed by atoms with E-state index in [0.29, 0.717) is 30.3 Å². The summed E-state index contributed by atoms with van der Waals surface area (Å²) < 4.78 is 5.20. The number of nitrogens with zero attached hydrogens (tertiary/aromatic N) is 2. The zero-order valence-corrected chi connectivity index (χ0v) is 10.2. The number of halogens is 1. The van der Waals surface area contributed by atoms with Crippen molar-refractivity contribution in [1.82, 2.24) is 9.97 Å². The molecule has 0 fully saturated rings. The van der Waals surface area contributed by atoms with E-state index < -0.39 is 0 Å². The molecule has 0 bridgehead atoms. The number of furan rings is 1. The number of nitrogen functional groups attached to an aromatic ring is 1. The van der Waals surface area contributed by atoms with Crippen LogP contribution in [0.4, 0.5) is 11.5 Å². The molecule has 0 aliphatic heterocycles. The Bertz CT molecular complexity index is 498. The van der Waals surface area contributed by atoms with Crippen LogP contribution in [0.25, 0.3) is 0 Å². The zero-order chi connectivity index (χ0) is 12.3. The van der Waals surface area contributed by atoms with Crippen LogP contribution in [0.5, 0.6) is 0 Å². The Labute approximate surface area is 104 Å². The highest BCUT2D eigenvalue weighted by Crippen LogP contribution is 2.24. The first-order valence-electron chi connectivity index (χ1n) is 5.29. The fraction of sp³-hybridized carbons (Fsp3) is 0.273. The van der Waals surface area contributed by atoms with Gasteiger partial charge in [0.1, 0.15) is 17.3 Å². The Hall–Kier alpha value is -1.75. The summed E-state index contributed by atoms with van der Waals surface area (Å²) in [6.45, 7) is 2.46. The van der Waals surface area contributed by atoms with Gasteiger partial charge in [-0.2, -0.15) is 0 Å². The molecule has 0 spiro atoms. The Balaban J connectivity index is 2.17. The highest BCUT2D eigenvalue weighted by molar-refractivity contribution is 6.32. The van der Waals surface area contributed by atoms with Gasteiger partial charge in [0.05, 0.1) is 12.8 Å². The standard InChI is InChI=1S/C11H13ClN4O/c1-2-8-15-10(12)9(13)11(16-8)14-6-7-4-3-5-17-7/h3-5H,2,6,13H2,1H3,(H,14,15,16). The van der Waals surface area contributed by atoms with Crippen LogP contribution in [-0.2, 0) is 13.0 Å². The van der Waals surface area contributed by atoms with Gasteiger partial charge in [-0.1, -0.05) is 18.5 Å². The fourth-order valence-corrected chi connectivity index (χ4v) is 1.55. The second kappa shape index (κ2) is 5.05. The fourth-order valence-electron chi connectivity index (χ4n) is 1.36. The van der Waals surface area contributed by atoms with Gasteiger partial charge in [-0.15, -0.1) is 0 Å². The van der Waals surface area contributed by atoms with Crippen molar-refractivity contribution < 1.29 is 4.42 Å². The van der Waals surface area contributed by atoms with E-state index in [0.717, 1.165) is 5.76 Å². The third kappa shape index (κ3) is 2.68. The number of hydrogen-bond acceptors (Lipinski definition) is 5. The van der Waals surface area contributed by atoms with Gasteiger partial charge < -0.3 is 15.5 Å². The monoisotopic (exact) mass is 252 g/mol. The van der Waals surface area contributed by atoms with E-state index in [-0.39, 0.29) is 5.15 Å². The average Bonchev–Trinajstić information content (AvgIpc) is 2.84. The predicted octanol–water partition coefficient (Wildman–Crippen LogP) is 2.48. The quantitative estimate of drug-likeness (QED) is 0.818. The van der Waals surface area contributed by atoms with Crippen LogP contribution in [0.15, 0.2) is 22.8 Å². The summed E-state index contributed by atoms with van der Waals surface area (Å²) in [5, 5.41) is 3.35. The number of nitrogens with one attached hydrogen (secondary N) is 1. The van der Waals surface area contributed by atoms with Crippen molar-refractivity contribution >= 4 is 23.1 Å². The van der Waals surface area contributed by atoms with E-state index in [1.807, 2.05) is 19.1 Å². The highest BCUT2D eigenvalue weighted by atomic mass is 35.5. The van der Waals surface area contributed by atoms with Crippen molar-refractivity contribution in [2.75, 3.05) is 11.1 Å². The third-order valence-electron chi connectivity index (χ3n) is 2.27. The van der Waals surface area contributed by atoms with Gasteiger partial charge in [-0.25, -0.2) is 9.97 Å². The molecule has 17 heavy (non-hydrogen) atoms. The number of hydrogen-bond donors (Lipinski definition) is 2. The summed E-state index contributed by atoms with van der Waals surface area (Å²) in [6, 6.07) is 3.69. The smallest absolute Gasteiger partial charge is 0.157 e. The molecule has 90 valence electrons. The maximum atomic E-state index is 5.92. The summed E-state index contributed by atoms with van der Waals surface area (Å²) in [6.07, 6.45) is 2.32. The molecule has 0 radical (unpaired) electrons. The van der Waals surface area contributed by atoms with Crippen LogP contribution in [0, 0.1) is 0 Å². The van der Waals surface area contributed by atoms with Crippen molar-refractivity contribution in [3.63, 3.8) is 0 Å². The number of aromatic nitrogens is 2. The minimum atomic E-state index is 0.277. The van der Waals surface area contributed by atoms with Gasteiger partial charge >= 0.3 is 0 Å². The van der Waals surface area contributed by atoms with E-state index >= 15 is 0 Å². The van der Waals surface area contributed by atoms with E-state index in [1.54, 1.807) is 6.26 Å². The average molecular weight is 253 g/mol. The minimum absolute atomic E-state index is 0.277. The summed E-state index contributed by atoms with van der Waals surface area (Å²) in [4.78, 5) is 8.34. The van der Waals surface area contributed by atoms with Gasteiger partial charge in [0, 0.05) is 6.42 Å². The lowest BCUT2D eigenvalue weighted by atomic mass is 10.4. The van der Waals surface area contributed by atoms with Gasteiger partial charge in [0.25, 0.3) is 0 Å². The number of anilines is 2. The van der Waals surface area contributed by atoms with Gasteiger partial charge in [-0.05, 0) is 12.1 Å². The number of nitrogens with two attached hydrogens (primary N) is 1. The lowest BCUT2D eigenvalue weighted by Gasteiger charge is -2.09. The molecular formula is C11H13ClN4O. The molecule has 6 heteroatoms. The second-order valence-corrected chi connectivity index (χ2v) is 3.84. The van der Waals surface area contributed by atoms with Gasteiger partial charge in [0.15, 0.2) is 11.0 Å². The minimum Gasteiger partial charge on any atom is -0.467 e. The summed E-state index contributed by atoms with van der Waals surface area (Å²) >= 11 is 5.92. The van der Waals surface area contributed by atoms with Crippen LogP contribution in [-0.4, -0.2) is 9.97 Å². The molecule has 0 aliphatic carbocycles. The summed E-state index contributed by atoms with van der Waals surface area (Å²) in [5.74, 6) is 2.00. The third-order valence-corrected chi connectivity index (χ3v) is 2.56. The maximum Gasteiger partial charge on any atom is 0.157 e. The Morgan fingerprint density at radius 2 is 2.29 bits per heavy atom. The molecular weight excluding hydrogens is 240 g/mol. The Morgan fingerprint density at radius 3 is 2.94 bits per heavy atom. The first-order chi connectivity index (χ1) is 8.20. The molecule has 0 aliphatic rings. The zero-order valence-electron chi connectivity index (χ0n) is 9.40. The molecule has 5 nitrogen and oxygen atoms in total. The molecule has 0 unspecified atom stereocenters. The van der Waals surface area contributed by atoms with E-state index in [2.05, 4.69) is 15.3 Å². The lowest BCUT2D eigenvalue weighted by molar-refractivity contribution is 0.518. The summed E-state index contributed by atoms with van der Waals surface area (Å²) in [5.41, 5.74) is 6.15. The molecule has 3 N–H and O–H groups in total. The maximum absolute atomic E-state index is 5.92. The molecule has 0 saturated heterocycles. The lowest BCUT2D eigenvalue weighted by Crippen LogP contribution is -2.08. The number of aryl methyl sites for hydroxylation is 1. The van der Waals surface area contributed by atoms with Gasteiger partial charge in [0.2, 0.25) is 0 Å². The first kappa shape index (κ1) is 11.7. The van der Waals surface area contributed by atoms with E-state index in [9.17, 15) is 0 Å². The normalized spacial score (nSPS) is 10.5. The Morgan fingerprint density at radius 1 is 1.47 bits per heavy atom.